The summed E-state index contributed by atoms with van der Waals surface area (Å²) in [6.07, 6.45) is 1.89. The lowest BCUT2D eigenvalue weighted by Gasteiger charge is -2.34. The van der Waals surface area contributed by atoms with E-state index in [4.69, 9.17) is 9.97 Å². The average molecular weight is 727 g/mol. The van der Waals surface area contributed by atoms with E-state index in [0.29, 0.717) is 5.95 Å². The van der Waals surface area contributed by atoms with Crippen LogP contribution in [-0.4, -0.2) is 19.1 Å². The van der Waals surface area contributed by atoms with E-state index in [1.807, 2.05) is 12.3 Å². The second kappa shape index (κ2) is 12.2. The highest BCUT2D eigenvalue weighted by Crippen LogP contribution is 2.56. The number of para-hydroxylation sites is 3. The first-order valence-electron chi connectivity index (χ1n) is 19.5. The highest BCUT2D eigenvalue weighted by molar-refractivity contribution is 6.10. The molecule has 0 radical (unpaired) electrons. The van der Waals surface area contributed by atoms with Gasteiger partial charge in [0.1, 0.15) is 0 Å². The van der Waals surface area contributed by atoms with Gasteiger partial charge in [-0.25, -0.2) is 9.97 Å². The van der Waals surface area contributed by atoms with Gasteiger partial charge in [-0.05, 0) is 75.8 Å². The van der Waals surface area contributed by atoms with Crippen LogP contribution in [0.2, 0.25) is 0 Å². The fourth-order valence-electron chi connectivity index (χ4n) is 9.75. The van der Waals surface area contributed by atoms with Gasteiger partial charge in [-0.2, -0.15) is 0 Å². The van der Waals surface area contributed by atoms with Gasteiger partial charge in [-0.1, -0.05) is 158 Å². The molecule has 1 aliphatic rings. The van der Waals surface area contributed by atoms with Crippen LogP contribution in [0, 0.1) is 0 Å². The molecular formula is C53H34N4. The summed E-state index contributed by atoms with van der Waals surface area (Å²) in [6, 6.07) is 72.4. The zero-order valence-corrected chi connectivity index (χ0v) is 30.9. The molecular weight excluding hydrogens is 693 g/mol. The summed E-state index contributed by atoms with van der Waals surface area (Å²) in [6.45, 7) is 0. The largest absolute Gasteiger partial charge is 0.309 e. The zero-order valence-electron chi connectivity index (χ0n) is 30.9. The minimum absolute atomic E-state index is 0.514. The number of nitrogens with zero attached hydrogens (tertiary/aromatic N) is 4. The van der Waals surface area contributed by atoms with Crippen molar-refractivity contribution in [3.8, 4) is 34.0 Å². The van der Waals surface area contributed by atoms with Crippen molar-refractivity contribution in [3.63, 3.8) is 0 Å². The van der Waals surface area contributed by atoms with Crippen LogP contribution in [0.25, 0.3) is 77.6 Å². The average Bonchev–Trinajstić information content (AvgIpc) is 3.91. The van der Waals surface area contributed by atoms with Crippen LogP contribution in [0.15, 0.2) is 206 Å². The van der Waals surface area contributed by atoms with Crippen molar-refractivity contribution in [3.05, 3.63) is 229 Å². The minimum Gasteiger partial charge on any atom is -0.309 e. The van der Waals surface area contributed by atoms with Crippen molar-refractivity contribution >= 4 is 43.6 Å². The summed E-state index contributed by atoms with van der Waals surface area (Å²) in [4.78, 5) is 10.3. The predicted octanol–water partition coefficient (Wildman–Crippen LogP) is 12.7. The molecule has 3 heterocycles. The van der Waals surface area contributed by atoms with Gasteiger partial charge in [0.05, 0.1) is 33.2 Å². The Kier molecular flexibility index (Phi) is 6.81. The zero-order chi connectivity index (χ0) is 37.5. The second-order valence-corrected chi connectivity index (χ2v) is 15.0. The Morgan fingerprint density at radius 2 is 0.947 bits per heavy atom. The molecule has 266 valence electrons. The highest BCUT2D eigenvalue weighted by atomic mass is 15.2. The van der Waals surface area contributed by atoms with Crippen LogP contribution in [-0.2, 0) is 5.41 Å². The predicted molar refractivity (Wildman–Crippen MR) is 233 cm³/mol. The molecule has 4 heteroatoms. The molecule has 8 aromatic carbocycles. The fourth-order valence-corrected chi connectivity index (χ4v) is 9.75. The monoisotopic (exact) mass is 726 g/mol. The molecule has 4 nitrogen and oxygen atoms in total. The van der Waals surface area contributed by atoms with Crippen LogP contribution in [0.1, 0.15) is 22.3 Å². The molecule has 11 aromatic rings. The summed E-state index contributed by atoms with van der Waals surface area (Å²) < 4.78 is 4.60. The summed E-state index contributed by atoms with van der Waals surface area (Å²) in [5.41, 5.74) is 14.6. The smallest absolute Gasteiger partial charge is 0.235 e. The van der Waals surface area contributed by atoms with Gasteiger partial charge in [-0.15, -0.1) is 0 Å². The number of rotatable bonds is 5. The van der Waals surface area contributed by atoms with E-state index in [9.17, 15) is 0 Å². The fraction of sp³-hybridized carbons (Fsp3) is 0.0189. The van der Waals surface area contributed by atoms with Gasteiger partial charge in [-0.3, -0.25) is 4.57 Å². The molecule has 0 bridgehead atoms. The molecule has 12 rings (SSSR count). The SMILES string of the molecule is c1ccc(C2(c3ccc4c5ccccc5n(-c5nccc(-c6cccc(-n7c8ccccc8c8ccccc87)c6)n5)c4c3)c3ccccc3-c3ccccc32)cc1. The Morgan fingerprint density at radius 1 is 0.386 bits per heavy atom. The number of aromatic nitrogens is 4. The highest BCUT2D eigenvalue weighted by Gasteiger charge is 2.46. The van der Waals surface area contributed by atoms with Crippen LogP contribution < -0.4 is 0 Å². The van der Waals surface area contributed by atoms with E-state index in [0.717, 1.165) is 28.0 Å². The lowest BCUT2D eigenvalue weighted by atomic mass is 9.67. The normalized spacial score (nSPS) is 13.1. The van der Waals surface area contributed by atoms with Gasteiger partial charge in [0, 0.05) is 39.0 Å². The van der Waals surface area contributed by atoms with Crippen molar-refractivity contribution in [2.45, 2.75) is 5.41 Å². The molecule has 0 atom stereocenters. The van der Waals surface area contributed by atoms with E-state index in [1.54, 1.807) is 0 Å². The van der Waals surface area contributed by atoms with Crippen molar-refractivity contribution in [1.82, 2.24) is 19.1 Å². The Morgan fingerprint density at radius 3 is 1.61 bits per heavy atom. The Hall–Kier alpha value is -7.56. The molecule has 1 aliphatic carbocycles. The van der Waals surface area contributed by atoms with Crippen LogP contribution in [0.4, 0.5) is 0 Å². The topological polar surface area (TPSA) is 35.6 Å². The number of benzene rings is 8. The van der Waals surface area contributed by atoms with E-state index < -0.39 is 5.41 Å². The van der Waals surface area contributed by atoms with E-state index >= 15 is 0 Å². The van der Waals surface area contributed by atoms with Gasteiger partial charge in [0.25, 0.3) is 0 Å². The summed E-state index contributed by atoms with van der Waals surface area (Å²) >= 11 is 0. The van der Waals surface area contributed by atoms with Crippen molar-refractivity contribution in [2.24, 2.45) is 0 Å². The Bertz CT molecular complexity index is 3270. The van der Waals surface area contributed by atoms with Gasteiger partial charge >= 0.3 is 0 Å². The molecule has 0 saturated carbocycles. The van der Waals surface area contributed by atoms with Crippen LogP contribution >= 0.6 is 0 Å². The summed E-state index contributed by atoms with van der Waals surface area (Å²) in [7, 11) is 0. The second-order valence-electron chi connectivity index (χ2n) is 15.0. The van der Waals surface area contributed by atoms with Crippen molar-refractivity contribution in [1.29, 1.82) is 0 Å². The maximum atomic E-state index is 5.35. The summed E-state index contributed by atoms with van der Waals surface area (Å²) in [5.74, 6) is 0.638. The first-order chi connectivity index (χ1) is 28.3. The minimum atomic E-state index is -0.514. The quantitative estimate of drug-likeness (QED) is 0.177. The van der Waals surface area contributed by atoms with Crippen molar-refractivity contribution < 1.29 is 0 Å². The van der Waals surface area contributed by atoms with Gasteiger partial charge < -0.3 is 4.57 Å². The maximum Gasteiger partial charge on any atom is 0.235 e. The third-order valence-corrected chi connectivity index (χ3v) is 12.1. The molecule has 0 N–H and O–H groups in total. The first-order valence-corrected chi connectivity index (χ1v) is 19.5. The maximum absolute atomic E-state index is 5.35. The van der Waals surface area contributed by atoms with E-state index in [2.05, 4.69) is 203 Å². The molecule has 3 aromatic heterocycles. The number of fused-ring (bicyclic) bond motifs is 9. The molecule has 0 amide bonds. The number of hydrogen-bond acceptors (Lipinski definition) is 2. The molecule has 0 saturated heterocycles. The van der Waals surface area contributed by atoms with Gasteiger partial charge in [0.2, 0.25) is 5.95 Å². The van der Waals surface area contributed by atoms with Crippen LogP contribution in [0.5, 0.6) is 0 Å². The van der Waals surface area contributed by atoms with Gasteiger partial charge in [0.15, 0.2) is 0 Å². The molecule has 0 unspecified atom stereocenters. The van der Waals surface area contributed by atoms with E-state index in [-0.39, 0.29) is 0 Å². The summed E-state index contributed by atoms with van der Waals surface area (Å²) in [5, 5.41) is 4.82. The Balaban J connectivity index is 1.07. The first kappa shape index (κ1) is 31.8. The lowest BCUT2D eigenvalue weighted by Crippen LogP contribution is -2.28. The third-order valence-electron chi connectivity index (χ3n) is 12.1. The Labute approximate surface area is 329 Å². The van der Waals surface area contributed by atoms with E-state index in [1.165, 1.54) is 66.0 Å². The van der Waals surface area contributed by atoms with Crippen LogP contribution in [0.3, 0.4) is 0 Å². The molecule has 0 spiro atoms. The molecule has 0 fully saturated rings. The standard InChI is InChI=1S/C53H34N4/c1-2-16-36(17-3-1)53(45-24-9-4-19-39(45)40-20-5-10-25-46(40)53)37-29-30-44-43-23-8-13-28-50(43)57(51(44)34-37)52-54-32-31-47(55-52)35-15-14-18-38(33-35)56-48-26-11-6-21-41(48)42-22-7-12-27-49(42)56/h1-34H. The lowest BCUT2D eigenvalue weighted by molar-refractivity contribution is 0.769. The third kappa shape index (κ3) is 4.50. The van der Waals surface area contributed by atoms with Crippen molar-refractivity contribution in [2.75, 3.05) is 0 Å². The molecule has 0 aliphatic heterocycles. The molecule has 57 heavy (non-hydrogen) atoms. The number of hydrogen-bond donors (Lipinski definition) is 0.